The number of carbonyl (C=O) groups excluding carboxylic acids is 1. The summed E-state index contributed by atoms with van der Waals surface area (Å²) < 4.78 is 5.49. The predicted molar refractivity (Wildman–Crippen MR) is 103 cm³/mol. The van der Waals surface area contributed by atoms with Crippen molar-refractivity contribution in [2.24, 2.45) is 0 Å². The molecular weight excluding hydrogens is 330 g/mol. The highest BCUT2D eigenvalue weighted by molar-refractivity contribution is 5.84. The quantitative estimate of drug-likeness (QED) is 0.882. The van der Waals surface area contributed by atoms with Gasteiger partial charge < -0.3 is 19.6 Å². The number of nitrogens with zero attached hydrogens (tertiary/aromatic N) is 3. The van der Waals surface area contributed by atoms with Crippen molar-refractivity contribution < 1.29 is 14.6 Å². The fraction of sp³-hybridized carbons (Fsp3) is 0.650. The van der Waals surface area contributed by atoms with E-state index >= 15 is 0 Å². The van der Waals surface area contributed by atoms with Crippen LogP contribution in [0.1, 0.15) is 26.7 Å². The average molecular weight is 361 g/mol. The molecule has 1 aromatic carbocycles. The normalized spacial score (nSPS) is 22.4. The van der Waals surface area contributed by atoms with Gasteiger partial charge in [0.1, 0.15) is 11.4 Å². The number of methoxy groups -OCH3 is 1. The summed E-state index contributed by atoms with van der Waals surface area (Å²) in [6.07, 6.45) is 2.11. The van der Waals surface area contributed by atoms with Crippen molar-refractivity contribution in [2.75, 3.05) is 51.3 Å². The van der Waals surface area contributed by atoms with Gasteiger partial charge in [0, 0.05) is 45.3 Å². The molecule has 1 N–H and O–H groups in total. The molecule has 1 amide bonds. The number of hydrogen-bond donors (Lipinski definition) is 1. The molecule has 0 bridgehead atoms. The van der Waals surface area contributed by atoms with Gasteiger partial charge in [-0.1, -0.05) is 12.1 Å². The molecule has 2 saturated heterocycles. The monoisotopic (exact) mass is 361 g/mol. The molecule has 0 radical (unpaired) electrons. The minimum absolute atomic E-state index is 0.158. The van der Waals surface area contributed by atoms with Crippen molar-refractivity contribution in [3.8, 4) is 5.75 Å². The van der Waals surface area contributed by atoms with Crippen LogP contribution in [0.5, 0.6) is 5.75 Å². The first-order valence-corrected chi connectivity index (χ1v) is 9.54. The van der Waals surface area contributed by atoms with Crippen molar-refractivity contribution in [3.05, 3.63) is 24.3 Å². The summed E-state index contributed by atoms with van der Waals surface area (Å²) in [5, 5.41) is 10.0. The van der Waals surface area contributed by atoms with E-state index in [1.54, 1.807) is 21.0 Å². The second kappa shape index (κ2) is 7.84. The van der Waals surface area contributed by atoms with Crippen molar-refractivity contribution in [3.63, 3.8) is 0 Å². The van der Waals surface area contributed by atoms with E-state index in [1.807, 2.05) is 23.1 Å². The molecule has 0 saturated carbocycles. The van der Waals surface area contributed by atoms with E-state index < -0.39 is 5.60 Å². The topological polar surface area (TPSA) is 56.2 Å². The first-order valence-electron chi connectivity index (χ1n) is 9.54. The van der Waals surface area contributed by atoms with Crippen LogP contribution >= 0.6 is 0 Å². The van der Waals surface area contributed by atoms with Crippen molar-refractivity contribution in [1.29, 1.82) is 0 Å². The van der Waals surface area contributed by atoms with Gasteiger partial charge in [0.15, 0.2) is 0 Å². The Morgan fingerprint density at radius 1 is 1.15 bits per heavy atom. The molecule has 0 aromatic heterocycles. The second-order valence-electron chi connectivity index (χ2n) is 7.80. The van der Waals surface area contributed by atoms with Crippen molar-refractivity contribution >= 4 is 11.6 Å². The molecule has 26 heavy (non-hydrogen) atoms. The van der Waals surface area contributed by atoms with Gasteiger partial charge in [0.05, 0.1) is 12.8 Å². The number of ether oxygens (including phenoxy) is 1. The molecule has 0 spiro atoms. The lowest BCUT2D eigenvalue weighted by atomic mass is 10.00. The Morgan fingerprint density at radius 2 is 1.85 bits per heavy atom. The summed E-state index contributed by atoms with van der Waals surface area (Å²) >= 11 is 0. The highest BCUT2D eigenvalue weighted by Crippen LogP contribution is 2.29. The maximum Gasteiger partial charge on any atom is 0.254 e. The van der Waals surface area contributed by atoms with Gasteiger partial charge in [-0.2, -0.15) is 0 Å². The van der Waals surface area contributed by atoms with E-state index in [9.17, 15) is 9.90 Å². The summed E-state index contributed by atoms with van der Waals surface area (Å²) in [6, 6.07) is 8.54. The Bertz CT molecular complexity index is 621. The third-order valence-electron chi connectivity index (χ3n) is 5.46. The lowest BCUT2D eigenvalue weighted by Crippen LogP contribution is -2.57. The molecule has 0 aliphatic carbocycles. The lowest BCUT2D eigenvalue weighted by molar-refractivity contribution is -0.150. The molecule has 1 unspecified atom stereocenters. The number of anilines is 1. The zero-order valence-corrected chi connectivity index (χ0v) is 16.1. The fourth-order valence-electron chi connectivity index (χ4n) is 4.04. The largest absolute Gasteiger partial charge is 0.495 e. The minimum atomic E-state index is -1.29. The number of hydrogen-bond acceptors (Lipinski definition) is 5. The molecule has 3 rings (SSSR count). The molecule has 1 aromatic rings. The Labute approximate surface area is 156 Å². The third-order valence-corrected chi connectivity index (χ3v) is 5.46. The third kappa shape index (κ3) is 4.13. The van der Waals surface area contributed by atoms with Gasteiger partial charge in [-0.3, -0.25) is 9.69 Å². The first-order chi connectivity index (χ1) is 12.4. The number of benzene rings is 1. The number of aliphatic hydroxyl groups is 1. The Hall–Kier alpha value is -1.79. The maximum absolute atomic E-state index is 12.4. The number of rotatable bonds is 4. The second-order valence-corrected chi connectivity index (χ2v) is 7.80. The van der Waals surface area contributed by atoms with Crippen LogP contribution in [0.25, 0.3) is 0 Å². The number of piperidine rings is 1. The molecule has 1 atom stereocenters. The predicted octanol–water partition coefficient (Wildman–Crippen LogP) is 1.58. The molecule has 144 valence electrons. The van der Waals surface area contributed by atoms with Crippen LogP contribution in [-0.2, 0) is 4.79 Å². The molecular formula is C20H31N3O3. The molecule has 2 aliphatic rings. The number of amides is 1. The van der Waals surface area contributed by atoms with Crippen LogP contribution in [0.3, 0.4) is 0 Å². The number of carbonyl (C=O) groups is 1. The van der Waals surface area contributed by atoms with E-state index in [0.717, 1.165) is 63.5 Å². The zero-order chi connectivity index (χ0) is 18.7. The van der Waals surface area contributed by atoms with Crippen LogP contribution in [-0.4, -0.2) is 78.8 Å². The van der Waals surface area contributed by atoms with Gasteiger partial charge in [-0.25, -0.2) is 0 Å². The van der Waals surface area contributed by atoms with E-state index in [2.05, 4.69) is 15.9 Å². The highest BCUT2D eigenvalue weighted by Gasteiger charge is 2.35. The SMILES string of the molecule is COc1ccccc1N1CCN(C2CCCN(C(=O)C(C)(C)O)C2)CC1. The number of para-hydroxylation sites is 2. The van der Waals surface area contributed by atoms with E-state index in [4.69, 9.17) is 4.74 Å². The Morgan fingerprint density at radius 3 is 2.50 bits per heavy atom. The molecule has 2 aliphatic heterocycles. The van der Waals surface area contributed by atoms with Crippen LogP contribution in [0.2, 0.25) is 0 Å². The van der Waals surface area contributed by atoms with Gasteiger partial charge in [0.25, 0.3) is 5.91 Å². The standard InChI is InChI=1S/C20H31N3O3/c1-20(2,25)19(24)23-10-6-7-16(15-23)21-11-13-22(14-12-21)17-8-4-5-9-18(17)26-3/h4-5,8-9,16,25H,6-7,10-15H2,1-3H3. The zero-order valence-electron chi connectivity index (χ0n) is 16.1. The van der Waals surface area contributed by atoms with Gasteiger partial charge in [-0.05, 0) is 38.8 Å². The fourth-order valence-corrected chi connectivity index (χ4v) is 4.04. The van der Waals surface area contributed by atoms with E-state index in [1.165, 1.54) is 0 Å². The lowest BCUT2D eigenvalue weighted by Gasteiger charge is -2.44. The summed E-state index contributed by atoms with van der Waals surface area (Å²) in [5.41, 5.74) is -0.137. The van der Waals surface area contributed by atoms with Crippen molar-refractivity contribution in [1.82, 2.24) is 9.80 Å². The molecule has 2 heterocycles. The van der Waals surface area contributed by atoms with Gasteiger partial charge in [0.2, 0.25) is 0 Å². The van der Waals surface area contributed by atoms with Crippen LogP contribution in [0, 0.1) is 0 Å². The minimum Gasteiger partial charge on any atom is -0.495 e. The average Bonchev–Trinajstić information content (AvgIpc) is 2.67. The van der Waals surface area contributed by atoms with Crippen molar-refractivity contribution in [2.45, 2.75) is 38.3 Å². The van der Waals surface area contributed by atoms with Gasteiger partial charge >= 0.3 is 0 Å². The summed E-state index contributed by atoms with van der Waals surface area (Å²) in [4.78, 5) is 19.1. The van der Waals surface area contributed by atoms with E-state index in [-0.39, 0.29) is 5.91 Å². The summed E-state index contributed by atoms with van der Waals surface area (Å²) in [5.74, 6) is 0.760. The number of piperazine rings is 1. The molecule has 6 heteroatoms. The van der Waals surface area contributed by atoms with Crippen LogP contribution < -0.4 is 9.64 Å². The van der Waals surface area contributed by atoms with Crippen LogP contribution in [0.4, 0.5) is 5.69 Å². The summed E-state index contributed by atoms with van der Waals surface area (Å²) in [7, 11) is 1.71. The smallest absolute Gasteiger partial charge is 0.254 e. The van der Waals surface area contributed by atoms with E-state index in [0.29, 0.717) is 6.04 Å². The van der Waals surface area contributed by atoms with Gasteiger partial charge in [-0.15, -0.1) is 0 Å². The Balaban J connectivity index is 1.58. The maximum atomic E-state index is 12.4. The first kappa shape index (κ1) is 19.0. The highest BCUT2D eigenvalue weighted by atomic mass is 16.5. The number of likely N-dealkylation sites (tertiary alicyclic amines) is 1. The molecule has 2 fully saturated rings. The molecule has 6 nitrogen and oxygen atoms in total. The Kier molecular flexibility index (Phi) is 5.73. The summed E-state index contributed by atoms with van der Waals surface area (Å²) in [6.45, 7) is 8.49. The van der Waals surface area contributed by atoms with Crippen LogP contribution in [0.15, 0.2) is 24.3 Å².